The summed E-state index contributed by atoms with van der Waals surface area (Å²) in [7, 11) is -3.14. The summed E-state index contributed by atoms with van der Waals surface area (Å²) in [5.74, 6) is 0.929. The van der Waals surface area contributed by atoms with Crippen molar-refractivity contribution in [2.75, 3.05) is 19.3 Å². The van der Waals surface area contributed by atoms with Crippen molar-refractivity contribution in [3.8, 4) is 11.3 Å². The van der Waals surface area contributed by atoms with Gasteiger partial charge in [-0.2, -0.15) is 9.61 Å². The summed E-state index contributed by atoms with van der Waals surface area (Å²) in [4.78, 5) is 4.13. The van der Waals surface area contributed by atoms with Crippen LogP contribution in [-0.2, 0) is 10.0 Å². The third kappa shape index (κ3) is 3.12. The normalized spacial score (nSPS) is 17.2. The van der Waals surface area contributed by atoms with Gasteiger partial charge in [-0.15, -0.1) is 10.2 Å². The average molecular weight is 358 g/mol. The summed E-state index contributed by atoms with van der Waals surface area (Å²) in [5.41, 5.74) is 2.42. The minimum atomic E-state index is -3.14. The SMILES string of the molecule is CS(=O)(=O)N1CCC(c2nnc3ccc(-c4cccnc4)nn23)CC1. The fourth-order valence-corrected chi connectivity index (χ4v) is 4.05. The van der Waals surface area contributed by atoms with Gasteiger partial charge in [-0.25, -0.2) is 12.7 Å². The quantitative estimate of drug-likeness (QED) is 0.701. The van der Waals surface area contributed by atoms with Crippen molar-refractivity contribution in [2.24, 2.45) is 0 Å². The zero-order valence-electron chi connectivity index (χ0n) is 13.8. The second-order valence-electron chi connectivity index (χ2n) is 6.22. The number of hydrogen-bond acceptors (Lipinski definition) is 6. The molecule has 1 fully saturated rings. The van der Waals surface area contributed by atoms with Crippen LogP contribution < -0.4 is 0 Å². The predicted molar refractivity (Wildman–Crippen MR) is 92.4 cm³/mol. The molecule has 0 aromatic carbocycles. The van der Waals surface area contributed by atoms with Crippen LogP contribution in [0.1, 0.15) is 24.6 Å². The van der Waals surface area contributed by atoms with Crippen molar-refractivity contribution in [3.05, 3.63) is 42.5 Å². The Hall–Kier alpha value is -2.39. The topological polar surface area (TPSA) is 93.4 Å². The summed E-state index contributed by atoms with van der Waals surface area (Å²) in [5, 5.41) is 13.2. The maximum absolute atomic E-state index is 11.7. The van der Waals surface area contributed by atoms with E-state index in [1.807, 2.05) is 24.3 Å². The minimum Gasteiger partial charge on any atom is -0.264 e. The Bertz CT molecular complexity index is 994. The molecule has 4 heterocycles. The molecule has 0 saturated carbocycles. The van der Waals surface area contributed by atoms with E-state index >= 15 is 0 Å². The van der Waals surface area contributed by atoms with Crippen LogP contribution in [0.15, 0.2) is 36.7 Å². The van der Waals surface area contributed by atoms with Crippen molar-refractivity contribution in [2.45, 2.75) is 18.8 Å². The molecule has 1 saturated heterocycles. The van der Waals surface area contributed by atoms with Crippen molar-refractivity contribution in [1.29, 1.82) is 0 Å². The van der Waals surface area contributed by atoms with Crippen LogP contribution in [0.25, 0.3) is 16.9 Å². The Balaban J connectivity index is 1.65. The van der Waals surface area contributed by atoms with E-state index in [2.05, 4.69) is 20.3 Å². The lowest BCUT2D eigenvalue weighted by molar-refractivity contribution is 0.313. The largest absolute Gasteiger partial charge is 0.264 e. The fraction of sp³-hybridized carbons (Fsp3) is 0.375. The number of pyridine rings is 1. The molecule has 9 heteroatoms. The van der Waals surface area contributed by atoms with Crippen molar-refractivity contribution < 1.29 is 8.42 Å². The van der Waals surface area contributed by atoms with E-state index in [4.69, 9.17) is 0 Å². The van der Waals surface area contributed by atoms with Crippen molar-refractivity contribution in [1.82, 2.24) is 29.1 Å². The van der Waals surface area contributed by atoms with Gasteiger partial charge in [0.2, 0.25) is 10.0 Å². The molecular weight excluding hydrogens is 340 g/mol. The van der Waals surface area contributed by atoms with E-state index in [1.54, 1.807) is 16.9 Å². The summed E-state index contributed by atoms with van der Waals surface area (Å²) in [6, 6.07) is 7.61. The fourth-order valence-electron chi connectivity index (χ4n) is 3.17. The number of rotatable bonds is 3. The second kappa shape index (κ2) is 6.16. The van der Waals surface area contributed by atoms with Crippen LogP contribution in [-0.4, -0.2) is 56.9 Å². The van der Waals surface area contributed by atoms with Gasteiger partial charge in [-0.05, 0) is 37.1 Å². The van der Waals surface area contributed by atoms with Crippen LogP contribution in [0, 0.1) is 0 Å². The van der Waals surface area contributed by atoms with E-state index < -0.39 is 10.0 Å². The summed E-state index contributed by atoms with van der Waals surface area (Å²) in [6.45, 7) is 1.00. The zero-order chi connectivity index (χ0) is 17.4. The highest BCUT2D eigenvalue weighted by molar-refractivity contribution is 7.88. The van der Waals surface area contributed by atoms with Gasteiger partial charge in [0.25, 0.3) is 0 Å². The van der Waals surface area contributed by atoms with Crippen LogP contribution in [0.3, 0.4) is 0 Å². The first kappa shape index (κ1) is 16.1. The second-order valence-corrected chi connectivity index (χ2v) is 8.21. The third-order valence-electron chi connectivity index (χ3n) is 4.53. The van der Waals surface area contributed by atoms with Gasteiger partial charge in [0.1, 0.15) is 0 Å². The molecule has 0 aliphatic carbocycles. The molecule has 8 nitrogen and oxygen atoms in total. The Morgan fingerprint density at radius 2 is 1.92 bits per heavy atom. The van der Waals surface area contributed by atoms with Gasteiger partial charge < -0.3 is 0 Å². The number of aromatic nitrogens is 5. The van der Waals surface area contributed by atoms with Crippen LogP contribution in [0.5, 0.6) is 0 Å². The number of nitrogens with zero attached hydrogens (tertiary/aromatic N) is 6. The number of fused-ring (bicyclic) bond motifs is 1. The summed E-state index contributed by atoms with van der Waals surface area (Å²) in [6.07, 6.45) is 6.17. The molecule has 3 aromatic rings. The van der Waals surface area contributed by atoms with Crippen molar-refractivity contribution >= 4 is 15.7 Å². The van der Waals surface area contributed by atoms with Gasteiger partial charge in [0.05, 0.1) is 11.9 Å². The first-order chi connectivity index (χ1) is 12.0. The van der Waals surface area contributed by atoms with Gasteiger partial charge in [-0.1, -0.05) is 0 Å². The van der Waals surface area contributed by atoms with E-state index in [0.717, 1.165) is 17.1 Å². The summed E-state index contributed by atoms with van der Waals surface area (Å²) >= 11 is 0. The molecular formula is C16H18N6O2S. The monoisotopic (exact) mass is 358 g/mol. The molecule has 0 unspecified atom stereocenters. The highest BCUT2D eigenvalue weighted by Gasteiger charge is 2.28. The smallest absolute Gasteiger partial charge is 0.211 e. The molecule has 3 aromatic heterocycles. The Morgan fingerprint density at radius 3 is 2.60 bits per heavy atom. The molecule has 0 amide bonds. The molecule has 1 aliphatic heterocycles. The number of hydrogen-bond donors (Lipinski definition) is 0. The van der Waals surface area contributed by atoms with E-state index in [-0.39, 0.29) is 5.92 Å². The van der Waals surface area contributed by atoms with Gasteiger partial charge >= 0.3 is 0 Å². The molecule has 0 radical (unpaired) electrons. The molecule has 1 aliphatic rings. The van der Waals surface area contributed by atoms with E-state index in [9.17, 15) is 8.42 Å². The maximum Gasteiger partial charge on any atom is 0.211 e. The Kier molecular flexibility index (Phi) is 3.97. The molecule has 130 valence electrons. The van der Waals surface area contributed by atoms with E-state index in [0.29, 0.717) is 31.6 Å². The summed E-state index contributed by atoms with van der Waals surface area (Å²) < 4.78 is 26.6. The van der Waals surface area contributed by atoms with Crippen LogP contribution >= 0.6 is 0 Å². The minimum absolute atomic E-state index is 0.143. The standard InChI is InChI=1S/C16H18N6O2S/c1-25(23,24)21-9-6-12(7-10-21)16-19-18-15-5-4-14(20-22(15)16)13-3-2-8-17-11-13/h2-5,8,11-12H,6-7,9-10H2,1H3. The number of sulfonamides is 1. The molecule has 0 atom stereocenters. The average Bonchev–Trinajstić information content (AvgIpc) is 3.05. The lowest BCUT2D eigenvalue weighted by Gasteiger charge is -2.29. The maximum atomic E-state index is 11.7. The molecule has 4 rings (SSSR count). The molecule has 0 spiro atoms. The van der Waals surface area contributed by atoms with Gasteiger partial charge in [-0.3, -0.25) is 4.98 Å². The lowest BCUT2D eigenvalue weighted by Crippen LogP contribution is -2.37. The molecule has 25 heavy (non-hydrogen) atoms. The van der Waals surface area contributed by atoms with Gasteiger partial charge in [0.15, 0.2) is 11.5 Å². The third-order valence-corrected chi connectivity index (χ3v) is 5.84. The first-order valence-corrected chi connectivity index (χ1v) is 9.95. The Labute approximate surface area is 145 Å². The molecule has 0 N–H and O–H groups in total. The molecule has 0 bridgehead atoms. The predicted octanol–water partition coefficient (Wildman–Crippen LogP) is 1.33. The lowest BCUT2D eigenvalue weighted by atomic mass is 9.97. The zero-order valence-corrected chi connectivity index (χ0v) is 14.6. The van der Waals surface area contributed by atoms with Gasteiger partial charge in [0, 0.05) is 37.0 Å². The highest BCUT2D eigenvalue weighted by atomic mass is 32.2. The first-order valence-electron chi connectivity index (χ1n) is 8.10. The highest BCUT2D eigenvalue weighted by Crippen LogP contribution is 2.28. The van der Waals surface area contributed by atoms with Crippen LogP contribution in [0.4, 0.5) is 0 Å². The van der Waals surface area contributed by atoms with E-state index in [1.165, 1.54) is 10.6 Å². The number of piperidine rings is 1. The Morgan fingerprint density at radius 1 is 1.12 bits per heavy atom. The van der Waals surface area contributed by atoms with Crippen LogP contribution in [0.2, 0.25) is 0 Å². The van der Waals surface area contributed by atoms with Crippen molar-refractivity contribution in [3.63, 3.8) is 0 Å².